The normalized spacial score (nSPS) is 44.1. The maximum Gasteiger partial charge on any atom is 0.343 e. The van der Waals surface area contributed by atoms with E-state index in [4.69, 9.17) is 24.7 Å². The molecule has 2 aliphatic rings. The summed E-state index contributed by atoms with van der Waals surface area (Å²) < 4.78 is 78.8. The van der Waals surface area contributed by atoms with Crippen molar-refractivity contribution in [1.29, 1.82) is 0 Å². The molecule has 0 spiro atoms. The van der Waals surface area contributed by atoms with Gasteiger partial charge in [0.15, 0.2) is 0 Å². The highest BCUT2D eigenvalue weighted by Gasteiger charge is 2.64. The monoisotopic (exact) mass is 726 g/mol. The molecule has 0 saturated carbocycles. The number of rotatable bonds is 10. The molecule has 8 nitrogen and oxygen atoms in total. The fourth-order valence-electron chi connectivity index (χ4n) is 4.43. The van der Waals surface area contributed by atoms with Crippen LogP contribution in [0.1, 0.15) is 6.42 Å². The maximum absolute atomic E-state index is 15.1. The SMILES string of the molecule is C=C[Si]1(C)O[Si](C)(C=C)O[Si](C)(C(CI)CC([Si]2(C)O[Si](C)(C=C)O[Si](C)(C=C)O2)S(=O)(=O)F)O1. The zero-order chi connectivity index (χ0) is 27.1. The Morgan fingerprint density at radius 1 is 0.714 bits per heavy atom. The van der Waals surface area contributed by atoms with E-state index in [2.05, 4.69) is 48.9 Å². The molecular formula is C18H36FIO8SSi6. The second kappa shape index (κ2) is 10.7. The van der Waals surface area contributed by atoms with E-state index in [0.717, 1.165) is 0 Å². The Labute approximate surface area is 229 Å². The van der Waals surface area contributed by atoms with Crippen molar-refractivity contribution in [1.82, 2.24) is 0 Å². The molecule has 6 unspecified atom stereocenters. The molecule has 0 aromatic carbocycles. The van der Waals surface area contributed by atoms with Crippen molar-refractivity contribution in [2.75, 3.05) is 4.43 Å². The van der Waals surface area contributed by atoms with Gasteiger partial charge in [0, 0.05) is 9.97 Å². The van der Waals surface area contributed by atoms with Gasteiger partial charge in [0.25, 0.3) is 0 Å². The molecule has 200 valence electrons. The molecule has 2 heterocycles. The molecular weight excluding hydrogens is 691 g/mol. The van der Waals surface area contributed by atoms with E-state index in [1.54, 1.807) is 42.4 Å². The third-order valence-corrected chi connectivity index (χ3v) is 36.9. The zero-order valence-corrected chi connectivity index (χ0v) is 30.1. The third-order valence-electron chi connectivity index (χ3n) is 6.27. The predicted octanol–water partition coefficient (Wildman–Crippen LogP) is 4.85. The van der Waals surface area contributed by atoms with E-state index >= 15 is 3.89 Å². The average molecular weight is 727 g/mol. The highest BCUT2D eigenvalue weighted by atomic mass is 127. The molecule has 0 amide bonds. The van der Waals surface area contributed by atoms with Gasteiger partial charge in [-0.15, -0.1) is 30.2 Å². The van der Waals surface area contributed by atoms with E-state index in [1.807, 2.05) is 19.6 Å². The first kappa shape index (κ1) is 31.8. The van der Waals surface area contributed by atoms with Gasteiger partial charge in [-0.25, -0.2) is 0 Å². The Morgan fingerprint density at radius 2 is 1.03 bits per heavy atom. The highest BCUT2D eigenvalue weighted by molar-refractivity contribution is 14.1. The van der Waals surface area contributed by atoms with Crippen molar-refractivity contribution in [3.05, 3.63) is 49.1 Å². The molecule has 0 aromatic heterocycles. The highest BCUT2D eigenvalue weighted by Crippen LogP contribution is 2.45. The van der Waals surface area contributed by atoms with Crippen molar-refractivity contribution in [2.24, 2.45) is 0 Å². The van der Waals surface area contributed by atoms with E-state index in [-0.39, 0.29) is 6.42 Å². The summed E-state index contributed by atoms with van der Waals surface area (Å²) >= 11 is 2.17. The summed E-state index contributed by atoms with van der Waals surface area (Å²) in [7, 11) is -23.7. The van der Waals surface area contributed by atoms with Crippen LogP contribution < -0.4 is 0 Å². The second-order valence-corrected chi connectivity index (χ2v) is 32.6. The molecule has 6 atom stereocenters. The molecule has 0 aliphatic carbocycles. The van der Waals surface area contributed by atoms with Gasteiger partial charge < -0.3 is 24.7 Å². The molecule has 2 saturated heterocycles. The molecule has 0 aromatic rings. The van der Waals surface area contributed by atoms with Crippen molar-refractivity contribution in [2.45, 2.75) is 56.1 Å². The fraction of sp³-hybridized carbons (Fsp3) is 0.556. The van der Waals surface area contributed by atoms with Crippen LogP contribution in [0.25, 0.3) is 0 Å². The van der Waals surface area contributed by atoms with E-state index in [9.17, 15) is 8.42 Å². The Morgan fingerprint density at radius 3 is 1.29 bits per heavy atom. The molecule has 0 bridgehead atoms. The number of hydrogen-bond donors (Lipinski definition) is 0. The first-order chi connectivity index (χ1) is 15.8. The Hall–Kier alpha value is 0.631. The molecule has 2 aliphatic heterocycles. The molecule has 17 heteroatoms. The molecule has 2 rings (SSSR count). The van der Waals surface area contributed by atoms with Crippen LogP contribution in [-0.4, -0.2) is 69.1 Å². The zero-order valence-electron chi connectivity index (χ0n) is 21.1. The largest absolute Gasteiger partial charge is 0.412 e. The van der Waals surface area contributed by atoms with E-state index < -0.39 is 72.0 Å². The lowest BCUT2D eigenvalue weighted by atomic mass is 10.4. The summed E-state index contributed by atoms with van der Waals surface area (Å²) in [5.41, 5.74) is 6.10. The summed E-state index contributed by atoms with van der Waals surface area (Å²) in [6, 6.07) is 0. The van der Waals surface area contributed by atoms with Crippen LogP contribution >= 0.6 is 22.6 Å². The first-order valence-electron chi connectivity index (χ1n) is 11.0. The molecule has 35 heavy (non-hydrogen) atoms. The van der Waals surface area contributed by atoms with Crippen LogP contribution in [0, 0.1) is 0 Å². The minimum atomic E-state index is -5.09. The van der Waals surface area contributed by atoms with Crippen LogP contribution in [0.15, 0.2) is 49.1 Å². The molecule has 0 radical (unpaired) electrons. The van der Waals surface area contributed by atoms with Crippen LogP contribution in [0.5, 0.6) is 0 Å². The van der Waals surface area contributed by atoms with Crippen molar-refractivity contribution < 1.29 is 37.0 Å². The van der Waals surface area contributed by atoms with Crippen molar-refractivity contribution in [3.8, 4) is 0 Å². The molecule has 2 fully saturated rings. The smallest absolute Gasteiger partial charge is 0.343 e. The number of hydrogen-bond acceptors (Lipinski definition) is 8. The van der Waals surface area contributed by atoms with Crippen LogP contribution in [0.3, 0.4) is 0 Å². The Balaban J connectivity index is 2.57. The summed E-state index contributed by atoms with van der Waals surface area (Å²) in [6.07, 6.45) is -0.0836. The first-order valence-corrected chi connectivity index (χ1v) is 28.4. The van der Waals surface area contributed by atoms with Gasteiger partial charge in [0.1, 0.15) is 4.87 Å². The van der Waals surface area contributed by atoms with Gasteiger partial charge in [-0.1, -0.05) is 45.4 Å². The summed E-state index contributed by atoms with van der Waals surface area (Å²) in [5, 5.41) is 0. The van der Waals surface area contributed by atoms with Crippen molar-refractivity contribution in [3.63, 3.8) is 0 Å². The Kier molecular flexibility index (Phi) is 9.70. The van der Waals surface area contributed by atoms with Gasteiger partial charge in [-0.05, 0) is 45.7 Å². The van der Waals surface area contributed by atoms with E-state index in [1.165, 1.54) is 0 Å². The van der Waals surface area contributed by atoms with Crippen LogP contribution in [0.4, 0.5) is 3.89 Å². The lowest BCUT2D eigenvalue weighted by Crippen LogP contribution is -2.72. The topological polar surface area (TPSA) is 89.5 Å². The van der Waals surface area contributed by atoms with Crippen molar-refractivity contribution >= 4 is 84.2 Å². The number of halogens is 2. The third kappa shape index (κ3) is 6.99. The van der Waals surface area contributed by atoms with Gasteiger partial charge in [0.05, 0.1) is 0 Å². The Bertz CT molecular complexity index is 948. The predicted molar refractivity (Wildman–Crippen MR) is 158 cm³/mol. The summed E-state index contributed by atoms with van der Waals surface area (Å²) in [6.45, 7) is 26.2. The lowest BCUT2D eigenvalue weighted by molar-refractivity contribution is 0.227. The standard InChI is InChI=1S/C18H36FIO8SSi6/c1-11-30(5)23-31(6,12-2)26-34(9,25-30)17(16-20)15-18(29(19,21)22)35(10)27-32(7,13-3)24-33(8,14-4)28-35/h11-14,17-18H,1-4,15-16H2,5-10H3. The summed E-state index contributed by atoms with van der Waals surface area (Å²) in [5.74, 6) is 0. The van der Waals surface area contributed by atoms with Gasteiger partial charge in [-0.3, -0.25) is 0 Å². The maximum atomic E-state index is 15.1. The van der Waals surface area contributed by atoms with Gasteiger partial charge >= 0.3 is 61.6 Å². The lowest BCUT2D eigenvalue weighted by Gasteiger charge is -2.52. The minimum Gasteiger partial charge on any atom is -0.412 e. The number of alkyl halides is 1. The van der Waals surface area contributed by atoms with Crippen LogP contribution in [0.2, 0.25) is 44.8 Å². The quantitative estimate of drug-likeness (QED) is 0.137. The minimum absolute atomic E-state index is 0.0836. The molecule has 0 N–H and O–H groups in total. The summed E-state index contributed by atoms with van der Waals surface area (Å²) in [4.78, 5) is -1.52. The fourth-order valence-corrected chi connectivity index (χ4v) is 40.2. The van der Waals surface area contributed by atoms with Gasteiger partial charge in [-0.2, -0.15) is 8.42 Å². The van der Waals surface area contributed by atoms with Crippen LogP contribution in [-0.2, 0) is 34.9 Å². The van der Waals surface area contributed by atoms with E-state index in [0.29, 0.717) is 4.43 Å². The van der Waals surface area contributed by atoms with Gasteiger partial charge in [0.2, 0.25) is 0 Å². The average Bonchev–Trinajstić information content (AvgIpc) is 2.71. The second-order valence-electron chi connectivity index (χ2n) is 9.58.